The Morgan fingerprint density at radius 2 is 1.77 bits per heavy atom. The van der Waals surface area contributed by atoms with E-state index in [1.165, 1.54) is 10.1 Å². The number of carboxylic acid groups (broad SMARTS) is 1. The van der Waals surface area contributed by atoms with Gasteiger partial charge in [-0.3, -0.25) is 9.36 Å². The fraction of sp³-hybridized carbons (Fsp3) is 0.192. The molecular formula is C26H20BrF2N3O3. The van der Waals surface area contributed by atoms with E-state index >= 15 is 0 Å². The highest BCUT2D eigenvalue weighted by atomic mass is 79.9. The molecule has 1 saturated carbocycles. The van der Waals surface area contributed by atoms with Crippen molar-refractivity contribution < 1.29 is 18.7 Å². The summed E-state index contributed by atoms with van der Waals surface area (Å²) in [4.78, 5) is 29.8. The van der Waals surface area contributed by atoms with Gasteiger partial charge >= 0.3 is 6.09 Å². The molecule has 35 heavy (non-hydrogen) atoms. The van der Waals surface area contributed by atoms with E-state index in [1.54, 1.807) is 18.2 Å². The number of carbonyl (C=O) groups is 1. The monoisotopic (exact) mass is 539 g/mol. The fourth-order valence-corrected chi connectivity index (χ4v) is 4.64. The highest BCUT2D eigenvalue weighted by molar-refractivity contribution is 9.10. The van der Waals surface area contributed by atoms with Crippen LogP contribution in [-0.2, 0) is 0 Å². The number of amides is 1. The first kappa shape index (κ1) is 23.2. The Balaban J connectivity index is 1.77. The minimum absolute atomic E-state index is 0.154. The molecular weight excluding hydrogens is 520 g/mol. The van der Waals surface area contributed by atoms with E-state index in [9.17, 15) is 23.5 Å². The Morgan fingerprint density at radius 3 is 2.40 bits per heavy atom. The summed E-state index contributed by atoms with van der Waals surface area (Å²) in [5, 5.41) is 11.9. The number of hydrogen-bond donors (Lipinski definition) is 2. The normalized spacial score (nSPS) is 14.1. The van der Waals surface area contributed by atoms with Crippen LogP contribution in [0.15, 0.2) is 69.9 Å². The van der Waals surface area contributed by atoms with Crippen molar-refractivity contribution in [3.8, 4) is 5.69 Å². The molecule has 2 N–H and O–H groups in total. The molecule has 1 fully saturated rings. The minimum atomic E-state index is -1.31. The summed E-state index contributed by atoms with van der Waals surface area (Å²) in [6, 6.07) is 15.6. The third-order valence-corrected chi connectivity index (χ3v) is 6.61. The lowest BCUT2D eigenvalue weighted by atomic mass is 9.96. The Kier molecular flexibility index (Phi) is 6.10. The van der Waals surface area contributed by atoms with E-state index in [4.69, 9.17) is 4.98 Å². The van der Waals surface area contributed by atoms with Crippen molar-refractivity contribution in [2.45, 2.75) is 24.7 Å². The van der Waals surface area contributed by atoms with Crippen LogP contribution >= 0.6 is 15.9 Å². The van der Waals surface area contributed by atoms with Crippen LogP contribution in [0.2, 0.25) is 0 Å². The zero-order chi connectivity index (χ0) is 24.7. The average molecular weight is 540 g/mol. The molecule has 4 aromatic rings. The first-order chi connectivity index (χ1) is 16.8. The molecule has 9 heteroatoms. The molecule has 0 bridgehead atoms. The second kappa shape index (κ2) is 9.22. The van der Waals surface area contributed by atoms with Crippen LogP contribution in [0.1, 0.15) is 41.6 Å². The number of nitrogens with one attached hydrogen (secondary N) is 1. The second-order valence-corrected chi connectivity index (χ2v) is 9.49. The summed E-state index contributed by atoms with van der Waals surface area (Å²) in [5.74, 6) is -1.89. The second-order valence-electron chi connectivity index (χ2n) is 8.58. The zero-order valence-corrected chi connectivity index (χ0v) is 19.9. The lowest BCUT2D eigenvalue weighted by molar-refractivity contribution is 0.194. The van der Waals surface area contributed by atoms with Gasteiger partial charge < -0.3 is 10.4 Å². The van der Waals surface area contributed by atoms with Gasteiger partial charge in [-0.25, -0.2) is 18.6 Å². The predicted octanol–water partition coefficient (Wildman–Crippen LogP) is 5.70. The molecule has 1 aliphatic carbocycles. The Morgan fingerprint density at radius 1 is 1.09 bits per heavy atom. The van der Waals surface area contributed by atoms with Crippen molar-refractivity contribution in [1.29, 1.82) is 0 Å². The highest BCUT2D eigenvalue weighted by Crippen LogP contribution is 2.40. The summed E-state index contributed by atoms with van der Waals surface area (Å²) >= 11 is 3.39. The van der Waals surface area contributed by atoms with E-state index in [2.05, 4.69) is 21.2 Å². The lowest BCUT2D eigenvalue weighted by Gasteiger charge is -2.22. The molecule has 6 nitrogen and oxygen atoms in total. The lowest BCUT2D eigenvalue weighted by Crippen LogP contribution is -2.32. The van der Waals surface area contributed by atoms with Gasteiger partial charge in [0, 0.05) is 17.1 Å². The molecule has 0 saturated heterocycles. The number of fused-ring (bicyclic) bond motifs is 1. The van der Waals surface area contributed by atoms with Gasteiger partial charge in [0.15, 0.2) is 0 Å². The third-order valence-electron chi connectivity index (χ3n) is 6.11. The topological polar surface area (TPSA) is 84.2 Å². The molecule has 1 aliphatic rings. The van der Waals surface area contributed by atoms with Crippen LogP contribution in [0.4, 0.5) is 13.6 Å². The maximum absolute atomic E-state index is 14.2. The van der Waals surface area contributed by atoms with Crippen molar-refractivity contribution in [2.24, 2.45) is 0 Å². The summed E-state index contributed by atoms with van der Waals surface area (Å²) in [6.45, 7) is -0.246. The summed E-state index contributed by atoms with van der Waals surface area (Å²) < 4.78 is 30.4. The number of halogens is 3. The third kappa shape index (κ3) is 4.81. The Bertz CT molecular complexity index is 1480. The number of rotatable bonds is 6. The van der Waals surface area contributed by atoms with Gasteiger partial charge in [-0.2, -0.15) is 0 Å². The summed E-state index contributed by atoms with van der Waals surface area (Å²) in [5.41, 5.74) is 1.87. The van der Waals surface area contributed by atoms with Crippen molar-refractivity contribution in [3.05, 3.63) is 104 Å². The molecule has 0 spiro atoms. The van der Waals surface area contributed by atoms with E-state index in [-0.39, 0.29) is 23.5 Å². The molecule has 1 heterocycles. The van der Waals surface area contributed by atoms with Gasteiger partial charge in [0.1, 0.15) is 17.5 Å². The first-order valence-electron chi connectivity index (χ1n) is 11.1. The Hall–Kier alpha value is -3.59. The maximum Gasteiger partial charge on any atom is 0.404 e. The van der Waals surface area contributed by atoms with Gasteiger partial charge in [-0.15, -0.1) is 0 Å². The highest BCUT2D eigenvalue weighted by Gasteiger charge is 2.26. The van der Waals surface area contributed by atoms with Gasteiger partial charge in [-0.1, -0.05) is 28.1 Å². The van der Waals surface area contributed by atoms with Crippen LogP contribution < -0.4 is 10.9 Å². The largest absolute Gasteiger partial charge is 0.465 e. The van der Waals surface area contributed by atoms with E-state index in [1.807, 2.05) is 24.3 Å². The van der Waals surface area contributed by atoms with Gasteiger partial charge in [0.05, 0.1) is 22.5 Å². The van der Waals surface area contributed by atoms with Gasteiger partial charge in [0.25, 0.3) is 5.56 Å². The molecule has 0 aliphatic heterocycles. The van der Waals surface area contributed by atoms with Crippen LogP contribution in [0.3, 0.4) is 0 Å². The summed E-state index contributed by atoms with van der Waals surface area (Å²) in [6.07, 6.45) is 0.953. The van der Waals surface area contributed by atoms with Crippen molar-refractivity contribution in [1.82, 2.24) is 14.9 Å². The molecule has 178 valence electrons. The van der Waals surface area contributed by atoms with Gasteiger partial charge in [-0.05, 0) is 72.4 Å². The fourth-order valence-electron chi connectivity index (χ4n) is 4.30. The number of hydrogen-bond acceptors (Lipinski definition) is 3. The molecule has 5 rings (SSSR count). The molecule has 1 atom stereocenters. The summed E-state index contributed by atoms with van der Waals surface area (Å²) in [7, 11) is 0. The molecule has 1 amide bonds. The first-order valence-corrected chi connectivity index (χ1v) is 11.8. The van der Waals surface area contributed by atoms with Crippen molar-refractivity contribution >= 4 is 32.9 Å². The predicted molar refractivity (Wildman–Crippen MR) is 131 cm³/mol. The molecule has 0 unspecified atom stereocenters. The van der Waals surface area contributed by atoms with Crippen LogP contribution in [-0.4, -0.2) is 27.3 Å². The van der Waals surface area contributed by atoms with Crippen LogP contribution in [0, 0.1) is 11.6 Å². The van der Waals surface area contributed by atoms with Crippen molar-refractivity contribution in [3.63, 3.8) is 0 Å². The molecule has 0 radical (unpaired) electrons. The van der Waals surface area contributed by atoms with Gasteiger partial charge in [0.2, 0.25) is 0 Å². The quantitative estimate of drug-likeness (QED) is 0.329. The SMILES string of the molecule is O=C(O)NC[C@@H](c1cc(F)cc(F)c1)c1nc2cc(Br)ccc2c(=O)n1-c1ccc(C2CC2)cc1. The number of nitrogens with zero attached hydrogens (tertiary/aromatic N) is 2. The zero-order valence-electron chi connectivity index (χ0n) is 18.3. The van der Waals surface area contributed by atoms with E-state index < -0.39 is 23.6 Å². The van der Waals surface area contributed by atoms with E-state index in [0.717, 1.165) is 31.0 Å². The molecule has 3 aromatic carbocycles. The number of benzene rings is 3. The Labute approximate surface area is 207 Å². The average Bonchev–Trinajstić information content (AvgIpc) is 3.64. The van der Waals surface area contributed by atoms with Crippen LogP contribution in [0.25, 0.3) is 16.6 Å². The smallest absolute Gasteiger partial charge is 0.404 e. The van der Waals surface area contributed by atoms with E-state index in [0.29, 0.717) is 27.0 Å². The standard InChI is InChI=1S/C26H20BrF2N3O3/c27-17-5-8-21-23(11-17)31-24(22(13-30-26(34)35)16-9-18(28)12-19(29)10-16)32(25(21)33)20-6-3-15(4-7-20)14-1-2-14/h3-12,14,22,30H,1-2,13H2,(H,34,35)/t22-/m0/s1. The van der Waals surface area contributed by atoms with Crippen LogP contribution in [0.5, 0.6) is 0 Å². The molecule has 1 aromatic heterocycles. The maximum atomic E-state index is 14.2. The minimum Gasteiger partial charge on any atom is -0.465 e. The van der Waals surface area contributed by atoms with Crippen molar-refractivity contribution in [2.75, 3.05) is 6.54 Å². The number of aromatic nitrogens is 2.